The number of carboxylic acid groups (broad SMARTS) is 1. The summed E-state index contributed by atoms with van der Waals surface area (Å²) in [6.45, 7) is 2.37. The molecule has 138 valence electrons. The fourth-order valence-corrected chi connectivity index (χ4v) is 3.63. The summed E-state index contributed by atoms with van der Waals surface area (Å²) in [4.78, 5) is 13.6. The minimum atomic E-state index is -1.00. The van der Waals surface area contributed by atoms with E-state index in [4.69, 9.17) is 21.1 Å². The van der Waals surface area contributed by atoms with Gasteiger partial charge in [-0.15, -0.1) is 0 Å². The average Bonchev–Trinajstić information content (AvgIpc) is 2.84. The summed E-state index contributed by atoms with van der Waals surface area (Å²) in [5.74, 6) is 0.494. The van der Waals surface area contributed by atoms with Crippen LogP contribution >= 0.6 is 11.6 Å². The Morgan fingerprint density at radius 3 is 2.19 bits per heavy atom. The highest BCUT2D eigenvalue weighted by Gasteiger charge is 2.19. The minimum Gasteiger partial charge on any atom is -0.493 e. The van der Waals surface area contributed by atoms with Crippen molar-refractivity contribution in [1.29, 1.82) is 0 Å². The normalized spacial score (nSPS) is 14.4. The van der Waals surface area contributed by atoms with E-state index in [1.165, 1.54) is 17.2 Å². The molecule has 0 radical (unpaired) electrons. The van der Waals surface area contributed by atoms with E-state index < -0.39 is 5.97 Å². The van der Waals surface area contributed by atoms with Crippen LogP contribution in [0.5, 0.6) is 11.5 Å². The first kappa shape index (κ1) is 18.5. The highest BCUT2D eigenvalue weighted by molar-refractivity contribution is 6.34. The Morgan fingerprint density at radius 1 is 1.12 bits per heavy atom. The fraction of sp³-hybridized carbons (Fsp3) is 0.350. The zero-order valence-electron chi connectivity index (χ0n) is 14.9. The van der Waals surface area contributed by atoms with E-state index in [0.29, 0.717) is 11.6 Å². The number of hydrogen-bond donors (Lipinski definition) is 1. The van der Waals surface area contributed by atoms with Gasteiger partial charge in [0.1, 0.15) is 0 Å². The Balaban J connectivity index is 1.78. The number of aromatic carboxylic acids is 1. The molecule has 1 heterocycles. The van der Waals surface area contributed by atoms with Crippen molar-refractivity contribution >= 4 is 17.6 Å². The second-order valence-corrected chi connectivity index (χ2v) is 6.71. The van der Waals surface area contributed by atoms with Gasteiger partial charge >= 0.3 is 5.97 Å². The number of carbonyl (C=O) groups is 1. The lowest BCUT2D eigenvalue weighted by atomic mass is 10.0. The molecule has 0 aromatic heterocycles. The molecule has 0 atom stereocenters. The van der Waals surface area contributed by atoms with E-state index >= 15 is 0 Å². The van der Waals surface area contributed by atoms with Crippen LogP contribution in [0.4, 0.5) is 0 Å². The lowest BCUT2D eigenvalue weighted by Gasteiger charge is -2.20. The SMILES string of the molecule is COc1cc2c(cc1OC)CCN(Cc1cccc(C(=O)O)c1Cl)CC2. The molecule has 2 aromatic rings. The number of halogens is 1. The molecular formula is C20H22ClNO4. The zero-order chi connectivity index (χ0) is 18.7. The molecule has 6 heteroatoms. The lowest BCUT2D eigenvalue weighted by molar-refractivity contribution is 0.0697. The molecule has 2 aromatic carbocycles. The van der Waals surface area contributed by atoms with Gasteiger partial charge in [-0.2, -0.15) is 0 Å². The van der Waals surface area contributed by atoms with Crippen molar-refractivity contribution < 1.29 is 19.4 Å². The predicted molar refractivity (Wildman–Crippen MR) is 101 cm³/mol. The predicted octanol–water partition coefficient (Wildman–Crippen LogP) is 3.66. The summed E-state index contributed by atoms with van der Waals surface area (Å²) in [5, 5.41) is 9.56. The average molecular weight is 376 g/mol. The van der Waals surface area contributed by atoms with Crippen LogP contribution in [0.2, 0.25) is 5.02 Å². The van der Waals surface area contributed by atoms with Crippen molar-refractivity contribution in [2.75, 3.05) is 27.3 Å². The van der Waals surface area contributed by atoms with E-state index in [2.05, 4.69) is 17.0 Å². The molecule has 0 saturated carbocycles. The van der Waals surface area contributed by atoms with Gasteiger partial charge in [-0.3, -0.25) is 4.90 Å². The molecule has 3 rings (SSSR count). The molecule has 0 saturated heterocycles. The molecule has 5 nitrogen and oxygen atoms in total. The van der Waals surface area contributed by atoms with Crippen LogP contribution in [0.1, 0.15) is 27.0 Å². The Morgan fingerprint density at radius 2 is 1.69 bits per heavy atom. The van der Waals surface area contributed by atoms with Crippen molar-refractivity contribution in [3.05, 3.63) is 57.6 Å². The van der Waals surface area contributed by atoms with E-state index in [9.17, 15) is 9.90 Å². The fourth-order valence-electron chi connectivity index (χ4n) is 3.36. The van der Waals surface area contributed by atoms with Crippen LogP contribution in [0.25, 0.3) is 0 Å². The Kier molecular flexibility index (Phi) is 5.69. The van der Waals surface area contributed by atoms with Crippen molar-refractivity contribution in [2.24, 2.45) is 0 Å². The van der Waals surface area contributed by atoms with Gasteiger partial charge in [0.05, 0.1) is 24.8 Å². The summed E-state index contributed by atoms with van der Waals surface area (Å²) in [6.07, 6.45) is 1.79. The largest absolute Gasteiger partial charge is 0.493 e. The van der Waals surface area contributed by atoms with Crippen molar-refractivity contribution in [3.8, 4) is 11.5 Å². The molecule has 0 fully saturated rings. The third-order valence-electron chi connectivity index (χ3n) is 4.80. The number of methoxy groups -OCH3 is 2. The van der Waals surface area contributed by atoms with Crippen LogP contribution in [-0.4, -0.2) is 43.3 Å². The molecule has 0 spiro atoms. The second kappa shape index (κ2) is 7.98. The van der Waals surface area contributed by atoms with Crippen LogP contribution in [0, 0.1) is 0 Å². The summed E-state index contributed by atoms with van der Waals surface area (Å²) in [7, 11) is 3.29. The van der Waals surface area contributed by atoms with Gasteiger partial charge in [-0.05, 0) is 47.7 Å². The summed E-state index contributed by atoms with van der Waals surface area (Å²) in [6, 6.07) is 9.27. The van der Waals surface area contributed by atoms with E-state index in [1.807, 2.05) is 6.07 Å². The summed E-state index contributed by atoms with van der Waals surface area (Å²) in [5.41, 5.74) is 3.51. The molecule has 1 aliphatic rings. The molecule has 0 bridgehead atoms. The number of nitrogens with zero attached hydrogens (tertiary/aromatic N) is 1. The van der Waals surface area contributed by atoms with Gasteiger partial charge in [0.15, 0.2) is 11.5 Å². The van der Waals surface area contributed by atoms with Crippen molar-refractivity contribution in [1.82, 2.24) is 4.90 Å². The van der Waals surface area contributed by atoms with Crippen LogP contribution in [0.15, 0.2) is 30.3 Å². The van der Waals surface area contributed by atoms with Gasteiger partial charge in [-0.1, -0.05) is 23.7 Å². The molecule has 0 aliphatic carbocycles. The van der Waals surface area contributed by atoms with Crippen molar-refractivity contribution in [3.63, 3.8) is 0 Å². The molecular weight excluding hydrogens is 354 g/mol. The van der Waals surface area contributed by atoms with Crippen LogP contribution < -0.4 is 9.47 Å². The highest BCUT2D eigenvalue weighted by Crippen LogP contribution is 2.32. The number of fused-ring (bicyclic) bond motifs is 1. The zero-order valence-corrected chi connectivity index (χ0v) is 15.7. The maximum Gasteiger partial charge on any atom is 0.337 e. The van der Waals surface area contributed by atoms with E-state index in [0.717, 1.165) is 43.0 Å². The smallest absolute Gasteiger partial charge is 0.337 e. The van der Waals surface area contributed by atoms with E-state index in [-0.39, 0.29) is 5.56 Å². The first-order valence-corrected chi connectivity index (χ1v) is 8.88. The third kappa shape index (κ3) is 3.79. The Bertz CT molecular complexity index is 787. The second-order valence-electron chi connectivity index (χ2n) is 6.34. The number of benzene rings is 2. The molecule has 0 amide bonds. The van der Waals surface area contributed by atoms with E-state index in [1.54, 1.807) is 20.3 Å². The first-order chi connectivity index (χ1) is 12.5. The summed E-state index contributed by atoms with van der Waals surface area (Å²) < 4.78 is 10.8. The standard InChI is InChI=1S/C20H22ClNO4/c1-25-17-10-13-6-8-22(9-7-14(13)11-18(17)26-2)12-15-4-3-5-16(19(15)21)20(23)24/h3-5,10-11H,6-9,12H2,1-2H3,(H,23,24). The minimum absolute atomic E-state index is 0.150. The van der Waals surface area contributed by atoms with Gasteiger partial charge in [0, 0.05) is 19.6 Å². The van der Waals surface area contributed by atoms with Crippen LogP contribution in [-0.2, 0) is 19.4 Å². The maximum atomic E-state index is 11.3. The molecule has 0 unspecified atom stereocenters. The topological polar surface area (TPSA) is 59.0 Å². The quantitative estimate of drug-likeness (QED) is 0.864. The Hall–Kier alpha value is -2.24. The third-order valence-corrected chi connectivity index (χ3v) is 5.25. The number of ether oxygens (including phenoxy) is 2. The molecule has 1 aliphatic heterocycles. The first-order valence-electron chi connectivity index (χ1n) is 8.50. The van der Waals surface area contributed by atoms with Gasteiger partial charge in [0.25, 0.3) is 0 Å². The molecule has 26 heavy (non-hydrogen) atoms. The van der Waals surface area contributed by atoms with Gasteiger partial charge in [-0.25, -0.2) is 4.79 Å². The lowest BCUT2D eigenvalue weighted by Crippen LogP contribution is -2.26. The monoisotopic (exact) mass is 375 g/mol. The highest BCUT2D eigenvalue weighted by atomic mass is 35.5. The Labute approximate surface area is 158 Å². The summed E-state index contributed by atoms with van der Waals surface area (Å²) >= 11 is 6.29. The molecule has 1 N–H and O–H groups in total. The number of hydrogen-bond acceptors (Lipinski definition) is 4. The van der Waals surface area contributed by atoms with Crippen molar-refractivity contribution in [2.45, 2.75) is 19.4 Å². The number of rotatable bonds is 5. The van der Waals surface area contributed by atoms with Gasteiger partial charge < -0.3 is 14.6 Å². The van der Waals surface area contributed by atoms with Crippen LogP contribution in [0.3, 0.4) is 0 Å². The van der Waals surface area contributed by atoms with Gasteiger partial charge in [0.2, 0.25) is 0 Å². The maximum absolute atomic E-state index is 11.3. The number of carboxylic acids is 1.